The van der Waals surface area contributed by atoms with E-state index in [1.807, 2.05) is 12.1 Å². The Labute approximate surface area is 98.0 Å². The van der Waals surface area contributed by atoms with Crippen molar-refractivity contribution in [2.24, 2.45) is 5.92 Å². The first-order valence-corrected chi connectivity index (χ1v) is 6.06. The SMILES string of the molecule is COc1cccc([CH]CC2CCNCC2)c1. The Morgan fingerprint density at radius 3 is 2.94 bits per heavy atom. The van der Waals surface area contributed by atoms with E-state index in [9.17, 15) is 0 Å². The molecule has 0 aliphatic carbocycles. The molecule has 0 saturated carbocycles. The van der Waals surface area contributed by atoms with E-state index in [0.717, 1.165) is 11.7 Å². The highest BCUT2D eigenvalue weighted by Crippen LogP contribution is 2.21. The maximum absolute atomic E-state index is 5.22. The van der Waals surface area contributed by atoms with Crippen molar-refractivity contribution in [2.75, 3.05) is 20.2 Å². The quantitative estimate of drug-likeness (QED) is 0.839. The van der Waals surface area contributed by atoms with E-state index >= 15 is 0 Å². The first kappa shape index (κ1) is 11.5. The van der Waals surface area contributed by atoms with Gasteiger partial charge in [0.05, 0.1) is 7.11 Å². The lowest BCUT2D eigenvalue weighted by molar-refractivity contribution is 0.371. The molecule has 1 radical (unpaired) electrons. The van der Waals surface area contributed by atoms with Crippen LogP contribution in [0, 0.1) is 12.3 Å². The van der Waals surface area contributed by atoms with Gasteiger partial charge in [0.1, 0.15) is 5.75 Å². The average Bonchev–Trinajstić information content (AvgIpc) is 2.38. The van der Waals surface area contributed by atoms with Gasteiger partial charge in [-0.1, -0.05) is 12.1 Å². The summed E-state index contributed by atoms with van der Waals surface area (Å²) in [5, 5.41) is 3.40. The lowest BCUT2D eigenvalue weighted by Gasteiger charge is -2.22. The summed E-state index contributed by atoms with van der Waals surface area (Å²) in [6.45, 7) is 2.35. The van der Waals surface area contributed by atoms with Crippen molar-refractivity contribution in [3.05, 3.63) is 36.2 Å². The third kappa shape index (κ3) is 3.24. The molecule has 1 fully saturated rings. The third-order valence-electron chi connectivity index (χ3n) is 3.24. The maximum atomic E-state index is 5.22. The van der Waals surface area contributed by atoms with Crippen molar-refractivity contribution in [3.63, 3.8) is 0 Å². The van der Waals surface area contributed by atoms with Gasteiger partial charge in [0.25, 0.3) is 0 Å². The molecule has 2 heteroatoms. The number of rotatable bonds is 4. The number of benzene rings is 1. The molecule has 0 aromatic heterocycles. The van der Waals surface area contributed by atoms with Gasteiger partial charge in [-0.25, -0.2) is 0 Å². The number of hydrogen-bond acceptors (Lipinski definition) is 2. The highest BCUT2D eigenvalue weighted by Gasteiger charge is 2.12. The molecular weight excluding hydrogens is 198 g/mol. The number of hydrogen-bond donors (Lipinski definition) is 1. The minimum Gasteiger partial charge on any atom is -0.497 e. The summed E-state index contributed by atoms with van der Waals surface area (Å²) < 4.78 is 5.22. The first-order chi connectivity index (χ1) is 7.88. The molecule has 1 aliphatic heterocycles. The smallest absolute Gasteiger partial charge is 0.119 e. The van der Waals surface area contributed by atoms with Crippen LogP contribution in [-0.2, 0) is 0 Å². The van der Waals surface area contributed by atoms with Crippen LogP contribution in [0.3, 0.4) is 0 Å². The fourth-order valence-electron chi connectivity index (χ4n) is 2.19. The summed E-state index contributed by atoms with van der Waals surface area (Å²) in [6.07, 6.45) is 6.13. The number of piperidine rings is 1. The van der Waals surface area contributed by atoms with E-state index in [1.54, 1.807) is 7.11 Å². The number of ether oxygens (including phenoxy) is 1. The summed E-state index contributed by atoms with van der Waals surface area (Å²) in [7, 11) is 1.71. The monoisotopic (exact) mass is 218 g/mol. The molecule has 0 unspecified atom stereocenters. The molecule has 0 bridgehead atoms. The van der Waals surface area contributed by atoms with Gasteiger partial charge in [-0.3, -0.25) is 0 Å². The fourth-order valence-corrected chi connectivity index (χ4v) is 2.19. The Morgan fingerprint density at radius 2 is 2.19 bits per heavy atom. The van der Waals surface area contributed by atoms with E-state index in [2.05, 4.69) is 23.9 Å². The van der Waals surface area contributed by atoms with Gasteiger partial charge < -0.3 is 10.1 Å². The summed E-state index contributed by atoms with van der Waals surface area (Å²) >= 11 is 0. The number of methoxy groups -OCH3 is 1. The lowest BCUT2D eigenvalue weighted by Crippen LogP contribution is -2.27. The molecule has 1 aromatic carbocycles. The van der Waals surface area contributed by atoms with E-state index in [0.29, 0.717) is 0 Å². The van der Waals surface area contributed by atoms with Gasteiger partial charge in [0.2, 0.25) is 0 Å². The molecule has 16 heavy (non-hydrogen) atoms. The van der Waals surface area contributed by atoms with Crippen LogP contribution >= 0.6 is 0 Å². The standard InChI is InChI=1S/C14H20NO/c1-16-14-4-2-3-13(11-14)6-5-12-7-9-15-10-8-12/h2-4,6,11-12,15H,5,7-10H2,1H3. The van der Waals surface area contributed by atoms with Crippen molar-refractivity contribution in [1.29, 1.82) is 0 Å². The second kappa shape index (κ2) is 5.90. The van der Waals surface area contributed by atoms with E-state index in [-0.39, 0.29) is 0 Å². The predicted octanol–water partition coefficient (Wildman–Crippen LogP) is 2.64. The van der Waals surface area contributed by atoms with Crippen molar-refractivity contribution in [3.8, 4) is 5.75 Å². The van der Waals surface area contributed by atoms with Crippen LogP contribution in [0.4, 0.5) is 0 Å². The predicted molar refractivity (Wildman–Crippen MR) is 66.6 cm³/mol. The Balaban J connectivity index is 1.83. The van der Waals surface area contributed by atoms with Crippen molar-refractivity contribution < 1.29 is 4.74 Å². The molecule has 1 aliphatic rings. The topological polar surface area (TPSA) is 21.3 Å². The summed E-state index contributed by atoms with van der Waals surface area (Å²) in [5.41, 5.74) is 1.28. The first-order valence-electron chi connectivity index (χ1n) is 6.06. The largest absolute Gasteiger partial charge is 0.497 e. The van der Waals surface area contributed by atoms with Crippen LogP contribution in [0.2, 0.25) is 0 Å². The molecular formula is C14H20NO. The van der Waals surface area contributed by atoms with Gasteiger partial charge >= 0.3 is 0 Å². The van der Waals surface area contributed by atoms with Crippen LogP contribution in [-0.4, -0.2) is 20.2 Å². The Morgan fingerprint density at radius 1 is 1.38 bits per heavy atom. The van der Waals surface area contributed by atoms with E-state index in [4.69, 9.17) is 4.74 Å². The van der Waals surface area contributed by atoms with Crippen LogP contribution in [0.15, 0.2) is 24.3 Å². The minimum atomic E-state index is 0.854. The average molecular weight is 218 g/mol. The molecule has 1 heterocycles. The van der Waals surface area contributed by atoms with Gasteiger partial charge in [-0.2, -0.15) is 0 Å². The molecule has 2 rings (SSSR count). The molecule has 1 aromatic rings. The zero-order valence-electron chi connectivity index (χ0n) is 9.91. The Bertz CT molecular complexity index is 318. The van der Waals surface area contributed by atoms with E-state index in [1.165, 1.54) is 37.9 Å². The molecule has 87 valence electrons. The van der Waals surface area contributed by atoms with Gasteiger partial charge in [-0.05, 0) is 62.4 Å². The molecule has 0 amide bonds. The molecule has 1 N–H and O–H groups in total. The lowest BCUT2D eigenvalue weighted by atomic mass is 9.91. The van der Waals surface area contributed by atoms with Crippen molar-refractivity contribution in [2.45, 2.75) is 19.3 Å². The van der Waals surface area contributed by atoms with Crippen LogP contribution in [0.5, 0.6) is 5.75 Å². The Hall–Kier alpha value is -1.02. The minimum absolute atomic E-state index is 0.854. The van der Waals surface area contributed by atoms with Gasteiger partial charge in [0, 0.05) is 0 Å². The summed E-state index contributed by atoms with van der Waals surface area (Å²) in [5.74, 6) is 1.80. The highest BCUT2D eigenvalue weighted by molar-refractivity contribution is 5.32. The zero-order chi connectivity index (χ0) is 11.2. The second-order valence-corrected chi connectivity index (χ2v) is 4.41. The summed E-state index contributed by atoms with van der Waals surface area (Å²) in [4.78, 5) is 0. The number of nitrogens with one attached hydrogen (secondary N) is 1. The highest BCUT2D eigenvalue weighted by atomic mass is 16.5. The Kier molecular flexibility index (Phi) is 4.23. The van der Waals surface area contributed by atoms with Gasteiger partial charge in [0.15, 0.2) is 0 Å². The second-order valence-electron chi connectivity index (χ2n) is 4.41. The molecule has 2 nitrogen and oxygen atoms in total. The summed E-state index contributed by atoms with van der Waals surface area (Å²) in [6, 6.07) is 8.28. The van der Waals surface area contributed by atoms with Gasteiger partial charge in [-0.15, -0.1) is 0 Å². The zero-order valence-corrected chi connectivity index (χ0v) is 9.91. The van der Waals surface area contributed by atoms with Crippen LogP contribution < -0.4 is 10.1 Å². The molecule has 0 spiro atoms. The molecule has 0 atom stereocenters. The maximum Gasteiger partial charge on any atom is 0.119 e. The fraction of sp³-hybridized carbons (Fsp3) is 0.500. The van der Waals surface area contributed by atoms with E-state index < -0.39 is 0 Å². The van der Waals surface area contributed by atoms with Crippen molar-refractivity contribution >= 4 is 0 Å². The van der Waals surface area contributed by atoms with Crippen LogP contribution in [0.25, 0.3) is 0 Å². The molecule has 1 saturated heterocycles. The third-order valence-corrected chi connectivity index (χ3v) is 3.24. The van der Waals surface area contributed by atoms with Crippen LogP contribution in [0.1, 0.15) is 24.8 Å². The normalized spacial score (nSPS) is 17.3. The van der Waals surface area contributed by atoms with Crippen molar-refractivity contribution in [1.82, 2.24) is 5.32 Å².